The summed E-state index contributed by atoms with van der Waals surface area (Å²) in [5, 5.41) is 8.36. The summed E-state index contributed by atoms with van der Waals surface area (Å²) in [6, 6.07) is 0. The molecule has 1 heterocycles. The fourth-order valence-electron chi connectivity index (χ4n) is 0.769. The monoisotopic (exact) mass is 156 g/mol. The summed E-state index contributed by atoms with van der Waals surface area (Å²) >= 11 is 0. The van der Waals surface area contributed by atoms with Crippen LogP contribution in [0.2, 0.25) is 0 Å². The smallest absolute Gasteiger partial charge is 0.239 e. The van der Waals surface area contributed by atoms with E-state index in [1.807, 2.05) is 0 Å². The van der Waals surface area contributed by atoms with Crippen molar-refractivity contribution in [3.05, 3.63) is 0 Å². The van der Waals surface area contributed by atoms with E-state index in [1.54, 1.807) is 7.05 Å². The van der Waals surface area contributed by atoms with Gasteiger partial charge in [-0.25, -0.2) is 0 Å². The van der Waals surface area contributed by atoms with E-state index in [2.05, 4.69) is 20.9 Å². The Balaban J connectivity index is 2.16. The van der Waals surface area contributed by atoms with Crippen LogP contribution in [0, 0.1) is 0 Å². The van der Waals surface area contributed by atoms with E-state index in [4.69, 9.17) is 0 Å². The predicted molar refractivity (Wildman–Crippen MR) is 42.4 cm³/mol. The number of carbonyl (C=O) groups excluding carboxylic acids is 1. The maximum Gasteiger partial charge on any atom is 0.239 e. The molecule has 0 fully saturated rings. The Kier molecular flexibility index (Phi) is 2.71. The molecule has 0 unspecified atom stereocenters. The van der Waals surface area contributed by atoms with Crippen molar-refractivity contribution in [2.75, 3.05) is 26.7 Å². The van der Waals surface area contributed by atoms with Crippen LogP contribution < -0.4 is 16.0 Å². The second-order valence-corrected chi connectivity index (χ2v) is 2.18. The number of likely N-dealkylation sites (N-methyl/N-ethyl adjacent to an activating group) is 1. The molecule has 5 nitrogen and oxygen atoms in total. The standard InChI is InChI=1S/C6H12N4O/c1-7-5(11)4-10-6-8-2-3-9-6/h2-4H2,1H3,(H,7,11)(H2,8,9,10). The average molecular weight is 156 g/mol. The van der Waals surface area contributed by atoms with Crippen LogP contribution in [0.25, 0.3) is 0 Å². The minimum atomic E-state index is -0.0404. The van der Waals surface area contributed by atoms with Gasteiger partial charge in [-0.3, -0.25) is 9.79 Å². The lowest BCUT2D eigenvalue weighted by molar-refractivity contribution is -0.119. The lowest BCUT2D eigenvalue weighted by atomic mass is 10.6. The molecule has 0 bridgehead atoms. The number of hydrogen-bond acceptors (Lipinski definition) is 4. The summed E-state index contributed by atoms with van der Waals surface area (Å²) in [5.41, 5.74) is 0. The van der Waals surface area contributed by atoms with Gasteiger partial charge in [-0.2, -0.15) is 0 Å². The minimum Gasteiger partial charge on any atom is -0.358 e. The van der Waals surface area contributed by atoms with Gasteiger partial charge < -0.3 is 16.0 Å². The second kappa shape index (κ2) is 3.80. The topological polar surface area (TPSA) is 65.5 Å². The third-order valence-electron chi connectivity index (χ3n) is 1.37. The van der Waals surface area contributed by atoms with Crippen molar-refractivity contribution in [2.45, 2.75) is 0 Å². The Labute approximate surface area is 65.3 Å². The van der Waals surface area contributed by atoms with Crippen molar-refractivity contribution < 1.29 is 4.79 Å². The minimum absolute atomic E-state index is 0.0404. The summed E-state index contributed by atoms with van der Waals surface area (Å²) in [6.07, 6.45) is 0. The van der Waals surface area contributed by atoms with Gasteiger partial charge in [0.2, 0.25) is 5.91 Å². The Bertz CT molecular complexity index is 177. The molecule has 1 aliphatic rings. The van der Waals surface area contributed by atoms with E-state index in [1.165, 1.54) is 0 Å². The van der Waals surface area contributed by atoms with Crippen molar-refractivity contribution in [1.29, 1.82) is 0 Å². The van der Waals surface area contributed by atoms with Gasteiger partial charge in [-0.1, -0.05) is 0 Å². The molecule has 0 saturated carbocycles. The zero-order valence-corrected chi connectivity index (χ0v) is 6.48. The van der Waals surface area contributed by atoms with E-state index < -0.39 is 0 Å². The lowest BCUT2D eigenvalue weighted by Gasteiger charge is -2.04. The van der Waals surface area contributed by atoms with Gasteiger partial charge in [0.15, 0.2) is 5.96 Å². The second-order valence-electron chi connectivity index (χ2n) is 2.18. The first-order valence-electron chi connectivity index (χ1n) is 3.55. The first kappa shape index (κ1) is 7.84. The van der Waals surface area contributed by atoms with Gasteiger partial charge in [0, 0.05) is 13.6 Å². The number of aliphatic imine (C=N–C) groups is 1. The first-order chi connectivity index (χ1) is 5.33. The summed E-state index contributed by atoms with van der Waals surface area (Å²) in [6.45, 7) is 1.93. The third-order valence-corrected chi connectivity index (χ3v) is 1.37. The SMILES string of the molecule is CNC(=O)CNC1=NCCN1. The highest BCUT2D eigenvalue weighted by molar-refractivity contribution is 5.86. The molecule has 1 aliphatic heterocycles. The van der Waals surface area contributed by atoms with Crippen molar-refractivity contribution in [3.63, 3.8) is 0 Å². The van der Waals surface area contributed by atoms with Gasteiger partial charge >= 0.3 is 0 Å². The van der Waals surface area contributed by atoms with Crippen LogP contribution in [-0.4, -0.2) is 38.5 Å². The number of hydrogen-bond donors (Lipinski definition) is 3. The molecule has 0 aromatic rings. The fourth-order valence-corrected chi connectivity index (χ4v) is 0.769. The molecule has 0 aromatic heterocycles. The van der Waals surface area contributed by atoms with E-state index in [9.17, 15) is 4.79 Å². The summed E-state index contributed by atoms with van der Waals surface area (Å²) in [4.78, 5) is 14.8. The number of guanidine groups is 1. The van der Waals surface area contributed by atoms with E-state index >= 15 is 0 Å². The molecular formula is C6H12N4O. The van der Waals surface area contributed by atoms with Crippen molar-refractivity contribution in [2.24, 2.45) is 4.99 Å². The quantitative estimate of drug-likeness (QED) is 0.445. The van der Waals surface area contributed by atoms with Gasteiger partial charge in [-0.15, -0.1) is 0 Å². The molecular weight excluding hydrogens is 144 g/mol. The van der Waals surface area contributed by atoms with Gasteiger partial charge in [-0.05, 0) is 0 Å². The maximum atomic E-state index is 10.7. The zero-order valence-electron chi connectivity index (χ0n) is 6.48. The van der Waals surface area contributed by atoms with Crippen LogP contribution in [0.15, 0.2) is 4.99 Å². The van der Waals surface area contributed by atoms with Crippen LogP contribution in [0.5, 0.6) is 0 Å². The molecule has 0 atom stereocenters. The van der Waals surface area contributed by atoms with Crippen LogP contribution in [0.4, 0.5) is 0 Å². The van der Waals surface area contributed by atoms with E-state index in [-0.39, 0.29) is 12.5 Å². The molecule has 0 aliphatic carbocycles. The number of carbonyl (C=O) groups is 1. The lowest BCUT2D eigenvalue weighted by Crippen LogP contribution is -2.40. The number of rotatable bonds is 2. The van der Waals surface area contributed by atoms with Crippen LogP contribution in [0.3, 0.4) is 0 Å². The van der Waals surface area contributed by atoms with Crippen molar-refractivity contribution >= 4 is 11.9 Å². The Hall–Kier alpha value is -1.26. The molecule has 0 aromatic carbocycles. The molecule has 0 radical (unpaired) electrons. The van der Waals surface area contributed by atoms with Crippen LogP contribution in [-0.2, 0) is 4.79 Å². The normalized spacial score (nSPS) is 15.2. The predicted octanol–water partition coefficient (Wildman–Crippen LogP) is -1.72. The first-order valence-corrected chi connectivity index (χ1v) is 3.55. The third kappa shape index (κ3) is 2.45. The molecule has 11 heavy (non-hydrogen) atoms. The molecule has 3 N–H and O–H groups in total. The van der Waals surface area contributed by atoms with Crippen molar-refractivity contribution in [1.82, 2.24) is 16.0 Å². The molecule has 1 rings (SSSR count). The largest absolute Gasteiger partial charge is 0.358 e. The zero-order chi connectivity index (χ0) is 8.10. The average Bonchev–Trinajstić information content (AvgIpc) is 2.52. The summed E-state index contributed by atoms with van der Waals surface area (Å²) in [7, 11) is 1.61. The number of amides is 1. The highest BCUT2D eigenvalue weighted by atomic mass is 16.1. The summed E-state index contributed by atoms with van der Waals surface area (Å²) in [5.74, 6) is 0.676. The number of nitrogens with zero attached hydrogens (tertiary/aromatic N) is 1. The van der Waals surface area contributed by atoms with Crippen molar-refractivity contribution in [3.8, 4) is 0 Å². The Morgan fingerprint density at radius 2 is 2.64 bits per heavy atom. The molecule has 1 amide bonds. The van der Waals surface area contributed by atoms with E-state index in [0.29, 0.717) is 5.96 Å². The summed E-state index contributed by atoms with van der Waals surface area (Å²) < 4.78 is 0. The van der Waals surface area contributed by atoms with Gasteiger partial charge in [0.25, 0.3) is 0 Å². The van der Waals surface area contributed by atoms with Crippen LogP contribution >= 0.6 is 0 Å². The Morgan fingerprint density at radius 1 is 1.82 bits per heavy atom. The Morgan fingerprint density at radius 3 is 3.18 bits per heavy atom. The molecule has 0 spiro atoms. The maximum absolute atomic E-state index is 10.7. The van der Waals surface area contributed by atoms with Gasteiger partial charge in [0.05, 0.1) is 13.1 Å². The number of nitrogens with one attached hydrogen (secondary N) is 3. The highest BCUT2D eigenvalue weighted by Crippen LogP contribution is 1.79. The molecule has 0 saturated heterocycles. The van der Waals surface area contributed by atoms with Crippen LogP contribution in [0.1, 0.15) is 0 Å². The fraction of sp³-hybridized carbons (Fsp3) is 0.667. The molecule has 62 valence electrons. The van der Waals surface area contributed by atoms with Gasteiger partial charge in [0.1, 0.15) is 0 Å². The highest BCUT2D eigenvalue weighted by Gasteiger charge is 2.04. The van der Waals surface area contributed by atoms with E-state index in [0.717, 1.165) is 13.1 Å². The molecule has 5 heteroatoms.